The molecule has 2 nitrogen and oxygen atoms in total. The molecule has 0 radical (unpaired) electrons. The molecule has 16 heavy (non-hydrogen) atoms. The van der Waals surface area contributed by atoms with Gasteiger partial charge in [-0.25, -0.2) is 0 Å². The standard InChI is InChI=1S/C12H18O2S.Na/c1-8-6-10(12(3,4)5)7-9(2)11(8)15(13)14;/h6-7H,1-5H3,(H,13,14);/q;+1/p-1. The van der Waals surface area contributed by atoms with Crippen LogP contribution in [0, 0.1) is 13.8 Å². The third-order valence-corrected chi connectivity index (χ3v) is 3.47. The average Bonchev–Trinajstić information content (AvgIpc) is 1.99. The molecule has 0 aromatic heterocycles. The van der Waals surface area contributed by atoms with Gasteiger partial charge in [0.15, 0.2) is 0 Å². The minimum Gasteiger partial charge on any atom is -0.768 e. The van der Waals surface area contributed by atoms with Gasteiger partial charge >= 0.3 is 29.6 Å². The Balaban J connectivity index is 0.00000225. The number of aryl methyl sites for hydroxylation is 2. The molecule has 0 saturated heterocycles. The van der Waals surface area contributed by atoms with Gasteiger partial charge in [0.05, 0.1) is 0 Å². The molecule has 1 aromatic rings. The van der Waals surface area contributed by atoms with Gasteiger partial charge in [0.1, 0.15) is 0 Å². The molecule has 0 bridgehead atoms. The smallest absolute Gasteiger partial charge is 0.768 e. The third kappa shape index (κ3) is 3.67. The number of hydrogen-bond donors (Lipinski definition) is 0. The van der Waals surface area contributed by atoms with Gasteiger partial charge in [-0.1, -0.05) is 32.9 Å². The Morgan fingerprint density at radius 2 is 1.50 bits per heavy atom. The second-order valence-corrected chi connectivity index (χ2v) is 5.80. The van der Waals surface area contributed by atoms with Crippen molar-refractivity contribution in [1.82, 2.24) is 0 Å². The molecule has 1 atom stereocenters. The molecule has 0 saturated carbocycles. The van der Waals surface area contributed by atoms with E-state index in [0.717, 1.165) is 11.1 Å². The van der Waals surface area contributed by atoms with Gasteiger partial charge in [-0.3, -0.25) is 4.21 Å². The van der Waals surface area contributed by atoms with E-state index in [-0.39, 0.29) is 35.0 Å². The zero-order valence-electron chi connectivity index (χ0n) is 10.9. The summed E-state index contributed by atoms with van der Waals surface area (Å²) in [6, 6.07) is 3.91. The number of rotatable bonds is 1. The second-order valence-electron chi connectivity index (χ2n) is 4.92. The zero-order valence-corrected chi connectivity index (χ0v) is 13.7. The minimum absolute atomic E-state index is 0. The normalized spacial score (nSPS) is 13.1. The van der Waals surface area contributed by atoms with E-state index in [1.807, 2.05) is 26.0 Å². The molecule has 0 N–H and O–H groups in total. The van der Waals surface area contributed by atoms with Crippen molar-refractivity contribution in [1.29, 1.82) is 0 Å². The van der Waals surface area contributed by atoms with Crippen LogP contribution >= 0.6 is 0 Å². The van der Waals surface area contributed by atoms with Gasteiger partial charge in [-0.05, 0) is 47.0 Å². The maximum absolute atomic E-state index is 11.0. The molecule has 0 fully saturated rings. The minimum atomic E-state index is -2.14. The summed E-state index contributed by atoms with van der Waals surface area (Å²) >= 11 is -2.14. The molecule has 1 rings (SSSR count). The summed E-state index contributed by atoms with van der Waals surface area (Å²) in [5.74, 6) is 0. The van der Waals surface area contributed by atoms with Crippen molar-refractivity contribution in [2.45, 2.75) is 44.9 Å². The Labute approximate surface area is 122 Å². The van der Waals surface area contributed by atoms with Crippen LogP contribution < -0.4 is 29.6 Å². The van der Waals surface area contributed by atoms with Crippen molar-refractivity contribution in [3.05, 3.63) is 28.8 Å². The average molecular weight is 248 g/mol. The van der Waals surface area contributed by atoms with Crippen LogP contribution in [-0.4, -0.2) is 8.76 Å². The zero-order chi connectivity index (χ0) is 11.8. The van der Waals surface area contributed by atoms with Gasteiger partial charge < -0.3 is 4.55 Å². The Morgan fingerprint density at radius 1 is 1.12 bits per heavy atom. The van der Waals surface area contributed by atoms with E-state index in [1.165, 1.54) is 5.56 Å². The van der Waals surface area contributed by atoms with E-state index in [0.29, 0.717) is 4.90 Å². The quantitative estimate of drug-likeness (QED) is 0.512. The van der Waals surface area contributed by atoms with Crippen LogP contribution in [-0.2, 0) is 16.5 Å². The summed E-state index contributed by atoms with van der Waals surface area (Å²) in [6.07, 6.45) is 0. The van der Waals surface area contributed by atoms with Gasteiger partial charge in [0.2, 0.25) is 0 Å². The van der Waals surface area contributed by atoms with Gasteiger partial charge in [-0.15, -0.1) is 0 Å². The Morgan fingerprint density at radius 3 is 1.75 bits per heavy atom. The van der Waals surface area contributed by atoms with Crippen molar-refractivity contribution in [2.24, 2.45) is 0 Å². The van der Waals surface area contributed by atoms with Crippen molar-refractivity contribution >= 4 is 11.1 Å². The topological polar surface area (TPSA) is 40.1 Å². The maximum Gasteiger partial charge on any atom is 1.00 e. The predicted molar refractivity (Wildman–Crippen MR) is 61.8 cm³/mol. The summed E-state index contributed by atoms with van der Waals surface area (Å²) in [4.78, 5) is 0.433. The van der Waals surface area contributed by atoms with E-state index < -0.39 is 11.1 Å². The second kappa shape index (κ2) is 5.78. The molecular formula is C12H17NaO2S. The van der Waals surface area contributed by atoms with Crippen molar-refractivity contribution < 1.29 is 38.3 Å². The third-order valence-electron chi connectivity index (χ3n) is 2.49. The van der Waals surface area contributed by atoms with Crippen LogP contribution in [0.1, 0.15) is 37.5 Å². The van der Waals surface area contributed by atoms with Crippen LogP contribution in [0.3, 0.4) is 0 Å². The summed E-state index contributed by atoms with van der Waals surface area (Å²) in [6.45, 7) is 10.0. The fraction of sp³-hybridized carbons (Fsp3) is 0.500. The summed E-state index contributed by atoms with van der Waals surface area (Å²) in [5.41, 5.74) is 2.88. The van der Waals surface area contributed by atoms with E-state index in [2.05, 4.69) is 20.8 Å². The molecule has 1 unspecified atom stereocenters. The van der Waals surface area contributed by atoms with Crippen molar-refractivity contribution in [3.8, 4) is 0 Å². The van der Waals surface area contributed by atoms with Crippen LogP contribution in [0.2, 0.25) is 0 Å². The van der Waals surface area contributed by atoms with Crippen LogP contribution in [0.4, 0.5) is 0 Å². The molecule has 0 heterocycles. The molecule has 4 heteroatoms. The molecule has 1 aromatic carbocycles. The first kappa shape index (κ1) is 16.3. The molecule has 0 aliphatic heterocycles. The van der Waals surface area contributed by atoms with Crippen molar-refractivity contribution in [2.75, 3.05) is 0 Å². The summed E-state index contributed by atoms with van der Waals surface area (Å²) in [7, 11) is 0. The first-order valence-electron chi connectivity index (χ1n) is 4.94. The molecule has 0 aliphatic carbocycles. The van der Waals surface area contributed by atoms with E-state index in [1.54, 1.807) is 0 Å². The molecule has 84 valence electrons. The molecule has 0 spiro atoms. The van der Waals surface area contributed by atoms with Crippen LogP contribution in [0.15, 0.2) is 17.0 Å². The molecule has 0 aliphatic rings. The van der Waals surface area contributed by atoms with E-state index in [9.17, 15) is 8.76 Å². The van der Waals surface area contributed by atoms with Gasteiger partial charge in [0, 0.05) is 4.90 Å². The fourth-order valence-electron chi connectivity index (χ4n) is 1.65. The molecular weight excluding hydrogens is 231 g/mol. The van der Waals surface area contributed by atoms with E-state index >= 15 is 0 Å². The summed E-state index contributed by atoms with van der Waals surface area (Å²) < 4.78 is 22.0. The SMILES string of the molecule is Cc1cc(C(C)(C)C)cc(C)c1S(=O)[O-].[Na+]. The maximum atomic E-state index is 11.0. The van der Waals surface area contributed by atoms with Gasteiger partial charge in [0.25, 0.3) is 0 Å². The summed E-state index contributed by atoms with van der Waals surface area (Å²) in [5, 5.41) is 0. The van der Waals surface area contributed by atoms with Crippen LogP contribution in [0.5, 0.6) is 0 Å². The monoisotopic (exact) mass is 248 g/mol. The van der Waals surface area contributed by atoms with Gasteiger partial charge in [-0.2, -0.15) is 0 Å². The number of benzene rings is 1. The first-order chi connectivity index (χ1) is 6.73. The Kier molecular flexibility index (Phi) is 5.90. The Hall–Kier alpha value is 0.330. The van der Waals surface area contributed by atoms with Crippen LogP contribution in [0.25, 0.3) is 0 Å². The number of hydrogen-bond acceptors (Lipinski definition) is 2. The van der Waals surface area contributed by atoms with E-state index in [4.69, 9.17) is 0 Å². The molecule has 0 amide bonds. The first-order valence-corrected chi connectivity index (χ1v) is 6.02. The Bertz CT molecular complexity index is 385. The van der Waals surface area contributed by atoms with Crippen molar-refractivity contribution in [3.63, 3.8) is 0 Å². The largest absolute Gasteiger partial charge is 1.00 e. The predicted octanol–water partition coefficient (Wildman–Crippen LogP) is -0.157. The fourth-order valence-corrected chi connectivity index (χ4v) is 2.29.